The lowest BCUT2D eigenvalue weighted by Gasteiger charge is -2.23. The number of nitrogens with one attached hydrogen (secondary N) is 1. The maximum Gasteiger partial charge on any atom is 0.169 e. The summed E-state index contributed by atoms with van der Waals surface area (Å²) in [7, 11) is 0. The van der Waals surface area contributed by atoms with Crippen LogP contribution >= 0.6 is 0 Å². The Balaban J connectivity index is 1.10. The number of fused-ring (bicyclic) bond motifs is 6. The first-order valence-corrected chi connectivity index (χ1v) is 17.9. The van der Waals surface area contributed by atoms with Crippen LogP contribution in [0.1, 0.15) is 47.8 Å². The van der Waals surface area contributed by atoms with Crippen LogP contribution in [-0.4, -0.2) is 16.2 Å². The molecule has 1 atom stereocenters. The molecule has 4 nitrogen and oxygen atoms in total. The van der Waals surface area contributed by atoms with E-state index < -0.39 is 0 Å². The van der Waals surface area contributed by atoms with Crippen LogP contribution in [0.15, 0.2) is 180 Å². The van der Waals surface area contributed by atoms with Crippen molar-refractivity contribution < 1.29 is 0 Å². The molecular formula is C48H36N4. The Morgan fingerprint density at radius 2 is 1.12 bits per heavy atom. The van der Waals surface area contributed by atoms with Crippen molar-refractivity contribution in [1.82, 2.24) is 9.88 Å². The van der Waals surface area contributed by atoms with E-state index in [9.17, 15) is 0 Å². The van der Waals surface area contributed by atoms with E-state index in [0.717, 1.165) is 34.0 Å². The van der Waals surface area contributed by atoms with Crippen molar-refractivity contribution in [2.75, 3.05) is 0 Å². The topological polar surface area (TPSA) is 41.7 Å². The summed E-state index contributed by atoms with van der Waals surface area (Å²) < 4.78 is 2.41. The largest absolute Gasteiger partial charge is 0.324 e. The van der Waals surface area contributed by atoms with Gasteiger partial charge in [-0.1, -0.05) is 153 Å². The number of hydrogen-bond donors (Lipinski definition) is 1. The van der Waals surface area contributed by atoms with Crippen molar-refractivity contribution >= 4 is 33.5 Å². The summed E-state index contributed by atoms with van der Waals surface area (Å²) in [6, 6.07) is 60.7. The summed E-state index contributed by atoms with van der Waals surface area (Å²) in [5, 5.41) is 6.14. The molecule has 248 valence electrons. The van der Waals surface area contributed by atoms with E-state index in [2.05, 4.69) is 169 Å². The highest BCUT2D eigenvalue weighted by atomic mass is 15.2. The standard InChI is InChI=1S/C48H36N4/c1-48(2)41-22-11-9-20-37(41)39-30-44-40(29-42(39)48)38-21-10-12-23-43(38)52(44)36-19-13-18-35(28-36)47-50-45(33-16-7-4-8-17-33)49-46(51-47)34-26-24-32(25-27-34)31-14-5-3-6-15-31/h3-30,46H,1-2H3,(H,49,50,51). The molecule has 0 spiro atoms. The van der Waals surface area contributed by atoms with E-state index in [-0.39, 0.29) is 11.6 Å². The van der Waals surface area contributed by atoms with Gasteiger partial charge in [0.2, 0.25) is 0 Å². The van der Waals surface area contributed by atoms with Crippen LogP contribution in [-0.2, 0) is 5.41 Å². The molecule has 1 N–H and O–H groups in total. The average Bonchev–Trinajstić information content (AvgIpc) is 3.65. The second kappa shape index (κ2) is 11.8. The highest BCUT2D eigenvalue weighted by Crippen LogP contribution is 2.51. The van der Waals surface area contributed by atoms with Gasteiger partial charge in [-0.05, 0) is 69.3 Å². The molecule has 8 aromatic rings. The molecule has 4 heteroatoms. The quantitative estimate of drug-likeness (QED) is 0.195. The van der Waals surface area contributed by atoms with Gasteiger partial charge >= 0.3 is 0 Å². The monoisotopic (exact) mass is 668 g/mol. The summed E-state index contributed by atoms with van der Waals surface area (Å²) >= 11 is 0. The van der Waals surface area contributed by atoms with Crippen LogP contribution in [0, 0.1) is 0 Å². The minimum absolute atomic E-state index is 0.0650. The Bertz CT molecular complexity index is 2720. The van der Waals surface area contributed by atoms with E-state index in [0.29, 0.717) is 0 Å². The molecule has 2 heterocycles. The predicted molar refractivity (Wildman–Crippen MR) is 216 cm³/mol. The minimum Gasteiger partial charge on any atom is -0.324 e. The highest BCUT2D eigenvalue weighted by Gasteiger charge is 2.36. The fourth-order valence-electron chi connectivity index (χ4n) is 8.20. The smallest absolute Gasteiger partial charge is 0.169 e. The number of benzene rings is 7. The highest BCUT2D eigenvalue weighted by molar-refractivity contribution is 6.16. The molecule has 2 aliphatic rings. The third kappa shape index (κ3) is 4.83. The second-order valence-electron chi connectivity index (χ2n) is 14.3. The number of para-hydroxylation sites is 1. The molecule has 0 radical (unpaired) electrons. The molecule has 0 amide bonds. The van der Waals surface area contributed by atoms with Gasteiger partial charge in [0.1, 0.15) is 11.7 Å². The zero-order valence-corrected chi connectivity index (χ0v) is 29.1. The van der Waals surface area contributed by atoms with Crippen LogP contribution in [0.5, 0.6) is 0 Å². The Morgan fingerprint density at radius 1 is 0.481 bits per heavy atom. The van der Waals surface area contributed by atoms with E-state index in [4.69, 9.17) is 9.98 Å². The lowest BCUT2D eigenvalue weighted by atomic mass is 9.82. The normalized spacial score (nSPS) is 15.8. The number of amidine groups is 2. The zero-order chi connectivity index (χ0) is 34.8. The average molecular weight is 669 g/mol. The minimum atomic E-state index is -0.390. The maximum absolute atomic E-state index is 5.24. The van der Waals surface area contributed by atoms with Gasteiger partial charge in [-0.25, -0.2) is 9.98 Å². The van der Waals surface area contributed by atoms with Crippen molar-refractivity contribution in [2.24, 2.45) is 9.98 Å². The van der Waals surface area contributed by atoms with Crippen LogP contribution in [0.3, 0.4) is 0 Å². The molecule has 0 bridgehead atoms. The number of rotatable bonds is 5. The third-order valence-corrected chi connectivity index (χ3v) is 10.9. The first-order chi connectivity index (χ1) is 25.5. The molecule has 52 heavy (non-hydrogen) atoms. The van der Waals surface area contributed by atoms with Gasteiger partial charge in [0.25, 0.3) is 0 Å². The van der Waals surface area contributed by atoms with E-state index >= 15 is 0 Å². The SMILES string of the molecule is CC1(C)c2ccccc2-c2cc3c(cc21)c1ccccc1n3-c1cccc(C2=NC(c3ccc(-c4ccccc4)cc3)N=C(c3ccccc3)N2)c1. The second-order valence-corrected chi connectivity index (χ2v) is 14.3. The van der Waals surface area contributed by atoms with Gasteiger partial charge in [0.05, 0.1) is 11.0 Å². The number of hydrogen-bond acceptors (Lipinski definition) is 3. The fraction of sp³-hybridized carbons (Fsp3) is 0.0833. The van der Waals surface area contributed by atoms with E-state index in [1.54, 1.807) is 0 Å². The molecule has 0 fully saturated rings. The van der Waals surface area contributed by atoms with Gasteiger partial charge < -0.3 is 9.88 Å². The van der Waals surface area contributed by atoms with Crippen molar-refractivity contribution in [2.45, 2.75) is 25.4 Å². The van der Waals surface area contributed by atoms with Crippen LogP contribution in [0.25, 0.3) is 49.7 Å². The van der Waals surface area contributed by atoms with Crippen molar-refractivity contribution in [3.63, 3.8) is 0 Å². The lowest BCUT2D eigenvalue weighted by Crippen LogP contribution is -2.36. The van der Waals surface area contributed by atoms with Gasteiger partial charge in [-0.3, -0.25) is 0 Å². The summed E-state index contributed by atoms with van der Waals surface area (Å²) in [4.78, 5) is 10.4. The number of nitrogens with zero attached hydrogens (tertiary/aromatic N) is 3. The number of aliphatic imine (C=N–C) groups is 2. The third-order valence-electron chi connectivity index (χ3n) is 10.9. The first-order valence-electron chi connectivity index (χ1n) is 17.9. The summed E-state index contributed by atoms with van der Waals surface area (Å²) in [6.07, 6.45) is -0.390. The van der Waals surface area contributed by atoms with Crippen LogP contribution < -0.4 is 5.32 Å². The molecule has 1 aliphatic carbocycles. The van der Waals surface area contributed by atoms with E-state index in [1.807, 2.05) is 24.3 Å². The Hall–Kier alpha value is -6.52. The molecular weight excluding hydrogens is 633 g/mol. The maximum atomic E-state index is 5.24. The number of aromatic nitrogens is 1. The van der Waals surface area contributed by atoms with Crippen molar-refractivity contribution in [3.05, 3.63) is 198 Å². The van der Waals surface area contributed by atoms with Crippen molar-refractivity contribution in [1.29, 1.82) is 0 Å². The van der Waals surface area contributed by atoms with E-state index in [1.165, 1.54) is 55.2 Å². The van der Waals surface area contributed by atoms with Crippen LogP contribution in [0.4, 0.5) is 0 Å². The molecule has 1 aromatic heterocycles. The fourth-order valence-corrected chi connectivity index (χ4v) is 8.20. The Labute approximate surface area is 303 Å². The Morgan fingerprint density at radius 3 is 1.90 bits per heavy atom. The molecule has 1 aliphatic heterocycles. The zero-order valence-electron chi connectivity index (χ0n) is 29.1. The van der Waals surface area contributed by atoms with Gasteiger partial charge in [-0.2, -0.15) is 0 Å². The Kier molecular flexibility index (Phi) is 6.87. The molecule has 7 aromatic carbocycles. The predicted octanol–water partition coefficient (Wildman–Crippen LogP) is 11.3. The van der Waals surface area contributed by atoms with Gasteiger partial charge in [0.15, 0.2) is 6.17 Å². The molecule has 1 unspecified atom stereocenters. The molecule has 0 saturated carbocycles. The lowest BCUT2D eigenvalue weighted by molar-refractivity contribution is 0.661. The molecule has 10 rings (SSSR count). The van der Waals surface area contributed by atoms with Crippen molar-refractivity contribution in [3.8, 4) is 27.9 Å². The molecule has 0 saturated heterocycles. The van der Waals surface area contributed by atoms with Crippen LogP contribution in [0.2, 0.25) is 0 Å². The summed E-state index contributed by atoms with van der Waals surface area (Å²) in [5.41, 5.74) is 14.3. The van der Waals surface area contributed by atoms with Gasteiger partial charge in [-0.15, -0.1) is 0 Å². The first kappa shape index (κ1) is 30.3. The summed E-state index contributed by atoms with van der Waals surface area (Å²) in [6.45, 7) is 4.70. The summed E-state index contributed by atoms with van der Waals surface area (Å²) in [5.74, 6) is 1.60. The van der Waals surface area contributed by atoms with Gasteiger partial charge in [0, 0.05) is 33.0 Å².